The van der Waals surface area contributed by atoms with Crippen LogP contribution in [0.5, 0.6) is 0 Å². The van der Waals surface area contributed by atoms with E-state index in [1.54, 1.807) is 44.9 Å². The predicted molar refractivity (Wildman–Crippen MR) is 131 cm³/mol. The molecule has 4 rings (SSSR count). The van der Waals surface area contributed by atoms with Gasteiger partial charge in [0, 0.05) is 1.43 Å². The molecule has 4 aliphatic rings. The Bertz CT molecular complexity index is 540. The Balaban J connectivity index is 0.00000160. The molecule has 0 spiro atoms. The van der Waals surface area contributed by atoms with E-state index in [0.29, 0.717) is 10.8 Å². The van der Waals surface area contributed by atoms with Gasteiger partial charge in [0.15, 0.2) is 0 Å². The summed E-state index contributed by atoms with van der Waals surface area (Å²) < 4.78 is 0. The van der Waals surface area contributed by atoms with Crippen molar-refractivity contribution in [2.24, 2.45) is 58.2 Å². The van der Waals surface area contributed by atoms with E-state index >= 15 is 0 Å². The molecule has 0 nitrogen and oxygen atoms in total. The largest absolute Gasteiger partial charge is 0.0776 e. The zero-order valence-electron chi connectivity index (χ0n) is 20.1. The van der Waals surface area contributed by atoms with Gasteiger partial charge in [-0.3, -0.25) is 0 Å². The zero-order valence-corrected chi connectivity index (χ0v) is 20.1. The van der Waals surface area contributed by atoms with E-state index < -0.39 is 0 Å². The zero-order chi connectivity index (χ0) is 20.1. The van der Waals surface area contributed by atoms with Gasteiger partial charge < -0.3 is 0 Å². The second-order valence-corrected chi connectivity index (χ2v) is 13.2. The average Bonchev–Trinajstić information content (AvgIpc) is 2.97. The highest BCUT2D eigenvalue weighted by atomic mass is 14.6. The molecule has 4 aliphatic carbocycles. The van der Waals surface area contributed by atoms with Gasteiger partial charge in [0.05, 0.1) is 0 Å². The Labute approximate surface area is 185 Å². The van der Waals surface area contributed by atoms with E-state index in [0.717, 1.165) is 47.3 Å². The molecular formula is C29H56. The highest BCUT2D eigenvalue weighted by Gasteiger charge is 2.59. The van der Waals surface area contributed by atoms with Crippen molar-refractivity contribution in [1.82, 2.24) is 0 Å². The van der Waals surface area contributed by atoms with Crippen molar-refractivity contribution in [2.75, 3.05) is 0 Å². The Morgan fingerprint density at radius 2 is 1.52 bits per heavy atom. The molecule has 4 fully saturated rings. The molecule has 0 saturated heterocycles. The lowest BCUT2D eigenvalue weighted by Gasteiger charge is -2.61. The van der Waals surface area contributed by atoms with Gasteiger partial charge in [-0.1, -0.05) is 68.2 Å². The van der Waals surface area contributed by atoms with Gasteiger partial charge in [-0.25, -0.2) is 0 Å². The van der Waals surface area contributed by atoms with Crippen LogP contribution in [0.4, 0.5) is 0 Å². The van der Waals surface area contributed by atoms with Crippen molar-refractivity contribution in [2.45, 2.75) is 126 Å². The normalized spacial score (nSPS) is 47.7. The van der Waals surface area contributed by atoms with Crippen LogP contribution in [-0.4, -0.2) is 0 Å². The van der Waals surface area contributed by atoms with Gasteiger partial charge in [-0.05, 0) is 116 Å². The van der Waals surface area contributed by atoms with E-state index in [1.807, 2.05) is 0 Å². The second-order valence-electron chi connectivity index (χ2n) is 13.2. The Morgan fingerprint density at radius 3 is 2.24 bits per heavy atom. The maximum atomic E-state index is 2.75. The SMILES string of the molecule is C.CC(C)CCC(C)CC1CCC2C3CCC4CC(C)CCC4(C)C3CCC12C.[HH]. The molecule has 0 heterocycles. The Hall–Kier alpha value is 0. The van der Waals surface area contributed by atoms with Gasteiger partial charge in [-0.2, -0.15) is 0 Å². The number of fused-ring (bicyclic) bond motifs is 5. The van der Waals surface area contributed by atoms with Gasteiger partial charge in [0.25, 0.3) is 0 Å². The fourth-order valence-electron chi connectivity index (χ4n) is 9.19. The summed E-state index contributed by atoms with van der Waals surface area (Å²) in [4.78, 5) is 0. The molecule has 0 radical (unpaired) electrons. The first-order valence-electron chi connectivity index (χ1n) is 13.2. The fourth-order valence-corrected chi connectivity index (χ4v) is 9.19. The molecule has 0 heteroatoms. The molecule has 0 N–H and O–H groups in total. The van der Waals surface area contributed by atoms with Crippen LogP contribution in [0, 0.1) is 58.2 Å². The van der Waals surface area contributed by atoms with Crippen molar-refractivity contribution < 1.29 is 1.43 Å². The van der Waals surface area contributed by atoms with E-state index in [-0.39, 0.29) is 8.85 Å². The number of hydrogen-bond acceptors (Lipinski definition) is 0. The lowest BCUT2D eigenvalue weighted by molar-refractivity contribution is -0.118. The van der Waals surface area contributed by atoms with Crippen LogP contribution in [0.25, 0.3) is 0 Å². The Morgan fingerprint density at radius 1 is 0.828 bits per heavy atom. The van der Waals surface area contributed by atoms with Crippen molar-refractivity contribution in [3.63, 3.8) is 0 Å². The summed E-state index contributed by atoms with van der Waals surface area (Å²) in [6, 6.07) is 0. The summed E-state index contributed by atoms with van der Waals surface area (Å²) in [5, 5.41) is 0. The predicted octanol–water partition coefficient (Wildman–Crippen LogP) is 9.63. The molecule has 0 aromatic heterocycles. The molecule has 0 aliphatic heterocycles. The van der Waals surface area contributed by atoms with Gasteiger partial charge >= 0.3 is 0 Å². The van der Waals surface area contributed by atoms with E-state index in [4.69, 9.17) is 0 Å². The smallest absolute Gasteiger partial charge is 0 e. The molecule has 0 amide bonds. The van der Waals surface area contributed by atoms with E-state index in [2.05, 4.69) is 41.5 Å². The number of hydrogen-bond donors (Lipinski definition) is 0. The highest BCUT2D eigenvalue weighted by molar-refractivity contribution is 5.09. The number of rotatable bonds is 5. The molecule has 9 atom stereocenters. The van der Waals surface area contributed by atoms with Crippen LogP contribution in [0.2, 0.25) is 0 Å². The first kappa shape index (κ1) is 23.7. The second kappa shape index (κ2) is 8.86. The van der Waals surface area contributed by atoms with Crippen LogP contribution >= 0.6 is 0 Å². The molecule has 172 valence electrons. The van der Waals surface area contributed by atoms with Crippen molar-refractivity contribution in [3.8, 4) is 0 Å². The minimum atomic E-state index is 0. The van der Waals surface area contributed by atoms with Crippen molar-refractivity contribution in [1.29, 1.82) is 0 Å². The molecule has 4 saturated carbocycles. The molecule has 9 unspecified atom stereocenters. The van der Waals surface area contributed by atoms with Crippen LogP contribution in [-0.2, 0) is 0 Å². The molecule has 29 heavy (non-hydrogen) atoms. The lowest BCUT2D eigenvalue weighted by Crippen LogP contribution is -2.53. The van der Waals surface area contributed by atoms with E-state index in [9.17, 15) is 0 Å². The third kappa shape index (κ3) is 4.22. The average molecular weight is 405 g/mol. The van der Waals surface area contributed by atoms with Crippen LogP contribution in [0.3, 0.4) is 0 Å². The van der Waals surface area contributed by atoms with Gasteiger partial charge in [0.2, 0.25) is 0 Å². The summed E-state index contributed by atoms with van der Waals surface area (Å²) in [6.45, 7) is 15.3. The van der Waals surface area contributed by atoms with Gasteiger partial charge in [-0.15, -0.1) is 0 Å². The minimum Gasteiger partial charge on any atom is -0.0776 e. The third-order valence-electron chi connectivity index (χ3n) is 11.0. The monoisotopic (exact) mass is 404 g/mol. The summed E-state index contributed by atoms with van der Waals surface area (Å²) in [7, 11) is 0. The van der Waals surface area contributed by atoms with Crippen LogP contribution in [0.15, 0.2) is 0 Å². The van der Waals surface area contributed by atoms with Crippen molar-refractivity contribution >= 4 is 0 Å². The third-order valence-corrected chi connectivity index (χ3v) is 11.0. The van der Waals surface area contributed by atoms with Crippen LogP contribution in [0.1, 0.15) is 127 Å². The maximum Gasteiger partial charge on any atom is 0 e. The summed E-state index contributed by atoms with van der Waals surface area (Å²) in [5.74, 6) is 8.08. The summed E-state index contributed by atoms with van der Waals surface area (Å²) in [6.07, 6.45) is 18.4. The Kier molecular flexibility index (Phi) is 7.23. The summed E-state index contributed by atoms with van der Waals surface area (Å²) >= 11 is 0. The van der Waals surface area contributed by atoms with Gasteiger partial charge in [0.1, 0.15) is 0 Å². The molecule has 0 aromatic carbocycles. The summed E-state index contributed by atoms with van der Waals surface area (Å²) in [5.41, 5.74) is 1.37. The first-order chi connectivity index (χ1) is 13.2. The molecular weight excluding hydrogens is 348 g/mol. The molecule has 0 aromatic rings. The topological polar surface area (TPSA) is 0 Å². The first-order valence-corrected chi connectivity index (χ1v) is 13.2. The fraction of sp³-hybridized carbons (Fsp3) is 1.00. The quantitative estimate of drug-likeness (QED) is 0.427. The van der Waals surface area contributed by atoms with E-state index in [1.165, 1.54) is 32.1 Å². The standard InChI is InChI=1S/C28H50.CH4.H2/c1-19(2)7-8-20(3)17-23-10-12-25-24-11-9-22-18-21(4)13-15-27(22,5)26(24)14-16-28(23,25)6;;/h19-26H,7-18H2,1-6H3;1H4;1H. The molecule has 0 bridgehead atoms. The highest BCUT2D eigenvalue weighted by Crippen LogP contribution is 2.68. The van der Waals surface area contributed by atoms with Crippen LogP contribution < -0.4 is 0 Å². The lowest BCUT2D eigenvalue weighted by atomic mass is 9.44. The maximum absolute atomic E-state index is 2.75. The van der Waals surface area contributed by atoms with Crippen molar-refractivity contribution in [3.05, 3.63) is 0 Å². The minimum absolute atomic E-state index is 0.